The fraction of sp³-hybridized carbons (Fsp3) is 0.273. The first-order valence-corrected chi connectivity index (χ1v) is 4.86. The number of carbonyl (C=O) groups excluding carboxylic acids is 2. The Morgan fingerprint density at radius 3 is 2.69 bits per heavy atom. The van der Waals surface area contributed by atoms with Crippen molar-refractivity contribution in [3.63, 3.8) is 0 Å². The predicted octanol–water partition coefficient (Wildman–Crippen LogP) is 1.49. The van der Waals surface area contributed by atoms with Crippen LogP contribution in [0.25, 0.3) is 0 Å². The van der Waals surface area contributed by atoms with Crippen LogP contribution in [0.2, 0.25) is 0 Å². The Balaban J connectivity index is 2.33. The lowest BCUT2D eigenvalue weighted by Gasteiger charge is -2.21. The van der Waals surface area contributed by atoms with Gasteiger partial charge in [0.1, 0.15) is 11.6 Å². The van der Waals surface area contributed by atoms with Crippen molar-refractivity contribution < 1.29 is 18.4 Å². The molecule has 84 valence electrons. The molecular formula is C11H9F2NO2. The van der Waals surface area contributed by atoms with Crippen molar-refractivity contribution in [1.29, 1.82) is 0 Å². The van der Waals surface area contributed by atoms with E-state index in [-0.39, 0.29) is 24.3 Å². The van der Waals surface area contributed by atoms with Crippen molar-refractivity contribution in [2.45, 2.75) is 18.8 Å². The number of imide groups is 1. The summed E-state index contributed by atoms with van der Waals surface area (Å²) in [4.78, 5) is 22.4. The van der Waals surface area contributed by atoms with E-state index in [1.807, 2.05) is 0 Å². The van der Waals surface area contributed by atoms with Crippen LogP contribution in [-0.2, 0) is 9.59 Å². The molecule has 16 heavy (non-hydrogen) atoms. The molecule has 1 atom stereocenters. The van der Waals surface area contributed by atoms with Gasteiger partial charge in [0.2, 0.25) is 11.8 Å². The molecule has 1 aliphatic heterocycles. The summed E-state index contributed by atoms with van der Waals surface area (Å²) < 4.78 is 26.3. The molecular weight excluding hydrogens is 216 g/mol. The van der Waals surface area contributed by atoms with E-state index in [1.54, 1.807) is 0 Å². The molecule has 0 aromatic heterocycles. The third kappa shape index (κ3) is 1.93. The Morgan fingerprint density at radius 2 is 2.00 bits per heavy atom. The number of hydrogen-bond donors (Lipinski definition) is 1. The fourth-order valence-corrected chi connectivity index (χ4v) is 1.77. The van der Waals surface area contributed by atoms with Crippen molar-refractivity contribution in [2.24, 2.45) is 0 Å². The molecule has 3 nitrogen and oxygen atoms in total. The fourth-order valence-electron chi connectivity index (χ4n) is 1.77. The number of rotatable bonds is 1. The van der Waals surface area contributed by atoms with Crippen molar-refractivity contribution in [3.8, 4) is 0 Å². The molecule has 1 heterocycles. The monoisotopic (exact) mass is 225 g/mol. The van der Waals surface area contributed by atoms with Gasteiger partial charge >= 0.3 is 0 Å². The van der Waals surface area contributed by atoms with E-state index in [2.05, 4.69) is 5.32 Å². The van der Waals surface area contributed by atoms with E-state index in [9.17, 15) is 18.4 Å². The van der Waals surface area contributed by atoms with E-state index >= 15 is 0 Å². The van der Waals surface area contributed by atoms with Gasteiger partial charge in [-0.1, -0.05) is 0 Å². The first kappa shape index (κ1) is 10.7. The van der Waals surface area contributed by atoms with Gasteiger partial charge in [0.25, 0.3) is 0 Å². The van der Waals surface area contributed by atoms with Crippen molar-refractivity contribution in [1.82, 2.24) is 5.32 Å². The maximum Gasteiger partial charge on any atom is 0.234 e. The summed E-state index contributed by atoms with van der Waals surface area (Å²) >= 11 is 0. The van der Waals surface area contributed by atoms with E-state index in [1.165, 1.54) is 0 Å². The van der Waals surface area contributed by atoms with Crippen molar-refractivity contribution in [3.05, 3.63) is 35.4 Å². The SMILES string of the molecule is O=C1CCC(c2cc(F)ccc2F)C(=O)N1. The minimum absolute atomic E-state index is 0.00463. The highest BCUT2D eigenvalue weighted by molar-refractivity contribution is 6.00. The number of amides is 2. The summed E-state index contributed by atoms with van der Waals surface area (Å²) in [5.74, 6) is -2.95. The van der Waals surface area contributed by atoms with E-state index in [0.29, 0.717) is 0 Å². The highest BCUT2D eigenvalue weighted by atomic mass is 19.1. The lowest BCUT2D eigenvalue weighted by molar-refractivity contribution is -0.134. The Hall–Kier alpha value is -1.78. The van der Waals surface area contributed by atoms with E-state index in [4.69, 9.17) is 0 Å². The first-order chi connectivity index (χ1) is 7.58. The van der Waals surface area contributed by atoms with Gasteiger partial charge in [0.15, 0.2) is 0 Å². The molecule has 1 saturated heterocycles. The Kier molecular flexibility index (Phi) is 2.68. The highest BCUT2D eigenvalue weighted by Gasteiger charge is 2.30. The molecule has 5 heteroatoms. The van der Waals surface area contributed by atoms with Crippen LogP contribution in [-0.4, -0.2) is 11.8 Å². The summed E-state index contributed by atoms with van der Waals surface area (Å²) in [5.41, 5.74) is 0.00463. The second-order valence-electron chi connectivity index (χ2n) is 3.67. The van der Waals surface area contributed by atoms with Gasteiger partial charge in [-0.3, -0.25) is 14.9 Å². The molecule has 1 aliphatic rings. The van der Waals surface area contributed by atoms with Gasteiger partial charge in [-0.15, -0.1) is 0 Å². The normalized spacial score (nSPS) is 20.8. The summed E-state index contributed by atoms with van der Waals surface area (Å²) in [6, 6.07) is 2.97. The molecule has 2 amide bonds. The van der Waals surface area contributed by atoms with E-state index < -0.39 is 23.5 Å². The summed E-state index contributed by atoms with van der Waals surface area (Å²) in [5, 5.41) is 2.11. The standard InChI is InChI=1S/C11H9F2NO2/c12-6-1-3-9(13)8(5-6)7-2-4-10(15)14-11(7)16/h1,3,5,7H,2,4H2,(H,14,15,16). The lowest BCUT2D eigenvalue weighted by Crippen LogP contribution is -2.39. The molecule has 0 spiro atoms. The smallest absolute Gasteiger partial charge is 0.234 e. The number of piperidine rings is 1. The molecule has 1 aromatic carbocycles. The number of benzene rings is 1. The predicted molar refractivity (Wildman–Crippen MR) is 51.5 cm³/mol. The second-order valence-corrected chi connectivity index (χ2v) is 3.67. The van der Waals surface area contributed by atoms with Crippen LogP contribution in [0.1, 0.15) is 24.3 Å². The topological polar surface area (TPSA) is 46.2 Å². The molecule has 0 aliphatic carbocycles. The zero-order valence-electron chi connectivity index (χ0n) is 8.30. The van der Waals surface area contributed by atoms with Gasteiger partial charge in [0.05, 0.1) is 5.92 Å². The third-order valence-corrected chi connectivity index (χ3v) is 2.57. The zero-order valence-corrected chi connectivity index (χ0v) is 8.30. The van der Waals surface area contributed by atoms with Crippen LogP contribution in [0.5, 0.6) is 0 Å². The van der Waals surface area contributed by atoms with Crippen LogP contribution < -0.4 is 5.32 Å². The number of carbonyl (C=O) groups is 2. The third-order valence-electron chi connectivity index (χ3n) is 2.57. The summed E-state index contributed by atoms with van der Waals surface area (Å²) in [6.07, 6.45) is 0.359. The van der Waals surface area contributed by atoms with Crippen LogP contribution in [0.15, 0.2) is 18.2 Å². The zero-order chi connectivity index (χ0) is 11.7. The van der Waals surface area contributed by atoms with Crippen LogP contribution in [0.3, 0.4) is 0 Å². The van der Waals surface area contributed by atoms with Crippen molar-refractivity contribution in [2.75, 3.05) is 0 Å². The average molecular weight is 225 g/mol. The largest absolute Gasteiger partial charge is 0.296 e. The molecule has 1 unspecified atom stereocenters. The van der Waals surface area contributed by atoms with Crippen LogP contribution in [0.4, 0.5) is 8.78 Å². The minimum Gasteiger partial charge on any atom is -0.296 e. The average Bonchev–Trinajstić information content (AvgIpc) is 2.22. The quantitative estimate of drug-likeness (QED) is 0.736. The Morgan fingerprint density at radius 1 is 1.25 bits per heavy atom. The maximum absolute atomic E-state index is 13.4. The lowest BCUT2D eigenvalue weighted by atomic mass is 9.90. The minimum atomic E-state index is -0.784. The van der Waals surface area contributed by atoms with Crippen molar-refractivity contribution >= 4 is 11.8 Å². The number of halogens is 2. The Labute approximate surface area is 90.5 Å². The summed E-state index contributed by atoms with van der Waals surface area (Å²) in [6.45, 7) is 0. The molecule has 0 radical (unpaired) electrons. The number of hydrogen-bond acceptors (Lipinski definition) is 2. The highest BCUT2D eigenvalue weighted by Crippen LogP contribution is 2.27. The van der Waals surface area contributed by atoms with Gasteiger partial charge < -0.3 is 0 Å². The van der Waals surface area contributed by atoms with Gasteiger partial charge in [-0.25, -0.2) is 8.78 Å². The summed E-state index contributed by atoms with van der Waals surface area (Å²) in [7, 11) is 0. The molecule has 2 rings (SSSR count). The van der Waals surface area contributed by atoms with Gasteiger partial charge in [-0.2, -0.15) is 0 Å². The molecule has 0 bridgehead atoms. The molecule has 1 N–H and O–H groups in total. The Bertz CT molecular complexity index is 459. The maximum atomic E-state index is 13.4. The van der Waals surface area contributed by atoms with Gasteiger partial charge in [-0.05, 0) is 24.6 Å². The van der Waals surface area contributed by atoms with Crippen LogP contribution >= 0.6 is 0 Å². The first-order valence-electron chi connectivity index (χ1n) is 4.86. The van der Waals surface area contributed by atoms with Crippen LogP contribution in [0, 0.1) is 11.6 Å². The molecule has 1 fully saturated rings. The molecule has 1 aromatic rings. The molecule has 0 saturated carbocycles. The van der Waals surface area contributed by atoms with E-state index in [0.717, 1.165) is 18.2 Å². The second kappa shape index (κ2) is 4.00. The number of nitrogens with one attached hydrogen (secondary N) is 1. The van der Waals surface area contributed by atoms with Gasteiger partial charge in [0, 0.05) is 12.0 Å².